The Morgan fingerprint density at radius 3 is 2.85 bits per heavy atom. The number of hydrogen-bond acceptors (Lipinski definition) is 4. The average Bonchev–Trinajstić information content (AvgIpc) is 3.13. The van der Waals surface area contributed by atoms with E-state index in [9.17, 15) is 0 Å². The van der Waals surface area contributed by atoms with Gasteiger partial charge in [-0.3, -0.25) is 5.10 Å². The van der Waals surface area contributed by atoms with E-state index in [2.05, 4.69) is 39.0 Å². The molecule has 0 aliphatic rings. The third-order valence-electron chi connectivity index (χ3n) is 4.16. The number of aromatic amines is 1. The van der Waals surface area contributed by atoms with Crippen LogP contribution in [0, 0.1) is 0 Å². The van der Waals surface area contributed by atoms with Crippen molar-refractivity contribution in [3.63, 3.8) is 0 Å². The van der Waals surface area contributed by atoms with Crippen LogP contribution in [0.1, 0.15) is 13.3 Å². The molecule has 0 atom stereocenters. The minimum atomic E-state index is 0.623. The Hall–Kier alpha value is -1.95. The number of anilines is 1. The summed E-state index contributed by atoms with van der Waals surface area (Å²) >= 11 is 14.8. The van der Waals surface area contributed by atoms with Crippen molar-refractivity contribution in [2.24, 2.45) is 0 Å². The van der Waals surface area contributed by atoms with Crippen LogP contribution in [-0.2, 0) is 0 Å². The van der Waals surface area contributed by atoms with E-state index in [0.717, 1.165) is 50.8 Å². The van der Waals surface area contributed by atoms with Crippen LogP contribution < -0.4 is 4.72 Å². The first kappa shape index (κ1) is 17.5. The van der Waals surface area contributed by atoms with E-state index in [0.29, 0.717) is 10.0 Å². The molecule has 0 saturated heterocycles. The Kier molecular flexibility index (Phi) is 4.94. The van der Waals surface area contributed by atoms with Crippen LogP contribution in [0.15, 0.2) is 42.7 Å². The zero-order chi connectivity index (χ0) is 18.1. The molecule has 0 unspecified atom stereocenters. The zero-order valence-corrected chi connectivity index (χ0v) is 16.3. The number of fused-ring (bicyclic) bond motifs is 3. The smallest absolute Gasteiger partial charge is 0.155 e. The summed E-state index contributed by atoms with van der Waals surface area (Å²) in [5, 5.41) is 11.3. The third kappa shape index (κ3) is 3.11. The molecule has 0 radical (unpaired) electrons. The minimum Gasteiger partial charge on any atom is -0.328 e. The second kappa shape index (κ2) is 7.35. The molecule has 7 heteroatoms. The van der Waals surface area contributed by atoms with Crippen molar-refractivity contribution in [2.45, 2.75) is 13.3 Å². The Balaban J connectivity index is 1.81. The molecule has 4 nitrogen and oxygen atoms in total. The molecule has 0 bridgehead atoms. The van der Waals surface area contributed by atoms with Crippen LogP contribution >= 0.6 is 35.1 Å². The van der Waals surface area contributed by atoms with Gasteiger partial charge in [-0.1, -0.05) is 54.2 Å². The Labute approximate surface area is 165 Å². The summed E-state index contributed by atoms with van der Waals surface area (Å²) in [4.78, 5) is 4.42. The molecule has 4 rings (SSSR count). The van der Waals surface area contributed by atoms with E-state index in [1.54, 1.807) is 18.1 Å². The molecule has 26 heavy (non-hydrogen) atoms. The third-order valence-corrected chi connectivity index (χ3v) is 5.85. The summed E-state index contributed by atoms with van der Waals surface area (Å²) in [6, 6.07) is 9.94. The fourth-order valence-electron chi connectivity index (χ4n) is 2.91. The molecule has 2 N–H and O–H groups in total. The molecule has 0 spiro atoms. The minimum absolute atomic E-state index is 0.623. The average molecular weight is 403 g/mol. The highest BCUT2D eigenvalue weighted by Crippen LogP contribution is 2.41. The number of halogens is 2. The van der Waals surface area contributed by atoms with Crippen molar-refractivity contribution in [3.8, 4) is 11.1 Å². The quantitative estimate of drug-likeness (QED) is 0.293. The molecular weight excluding hydrogens is 387 g/mol. The van der Waals surface area contributed by atoms with Gasteiger partial charge < -0.3 is 4.72 Å². The molecule has 0 fully saturated rings. The van der Waals surface area contributed by atoms with Gasteiger partial charge in [-0.2, -0.15) is 5.10 Å². The first-order valence-corrected chi connectivity index (χ1v) is 10.0. The standard InChI is InChI=1S/C19H16Cl2N4S/c1-2-7-26-25-16-6-5-15(20)17(18(16)21)11-3-4-13-12(8-11)9-22-19-14(13)10-23-24-19/h3-6,8-10,25H,2,7H2,1H3,(H,22,23,24). The van der Waals surface area contributed by atoms with Gasteiger partial charge in [0.15, 0.2) is 5.65 Å². The Morgan fingerprint density at radius 1 is 1.12 bits per heavy atom. The lowest BCUT2D eigenvalue weighted by atomic mass is 10.0. The Bertz CT molecular complexity index is 1090. The van der Waals surface area contributed by atoms with Gasteiger partial charge in [0.25, 0.3) is 0 Å². The van der Waals surface area contributed by atoms with Crippen LogP contribution in [0.5, 0.6) is 0 Å². The normalized spacial score (nSPS) is 11.3. The number of aromatic nitrogens is 3. The number of hydrogen-bond donors (Lipinski definition) is 2. The first-order valence-electron chi connectivity index (χ1n) is 8.27. The first-order chi connectivity index (χ1) is 12.7. The molecule has 0 saturated carbocycles. The van der Waals surface area contributed by atoms with E-state index < -0.39 is 0 Å². The van der Waals surface area contributed by atoms with Crippen molar-refractivity contribution < 1.29 is 0 Å². The Morgan fingerprint density at radius 2 is 2.00 bits per heavy atom. The van der Waals surface area contributed by atoms with Crippen LogP contribution in [0.2, 0.25) is 10.0 Å². The zero-order valence-electron chi connectivity index (χ0n) is 14.0. The number of nitrogens with one attached hydrogen (secondary N) is 2. The maximum absolute atomic E-state index is 6.67. The van der Waals surface area contributed by atoms with Gasteiger partial charge in [-0.25, -0.2) is 4.98 Å². The second-order valence-corrected chi connectivity index (χ2v) is 7.61. The van der Waals surface area contributed by atoms with Gasteiger partial charge in [0.2, 0.25) is 0 Å². The van der Waals surface area contributed by atoms with E-state index in [1.165, 1.54) is 0 Å². The summed E-state index contributed by atoms with van der Waals surface area (Å²) in [6.45, 7) is 2.14. The summed E-state index contributed by atoms with van der Waals surface area (Å²) < 4.78 is 3.31. The van der Waals surface area contributed by atoms with Crippen molar-refractivity contribution in [3.05, 3.63) is 52.8 Å². The number of pyridine rings is 1. The van der Waals surface area contributed by atoms with E-state index >= 15 is 0 Å². The predicted octanol–water partition coefficient (Wildman–Crippen LogP) is 6.56. The number of nitrogens with zero attached hydrogens (tertiary/aromatic N) is 2. The number of H-pyrrole nitrogens is 1. The number of benzene rings is 2. The monoisotopic (exact) mass is 402 g/mol. The maximum Gasteiger partial charge on any atom is 0.155 e. The van der Waals surface area contributed by atoms with Gasteiger partial charge in [0.1, 0.15) is 0 Å². The van der Waals surface area contributed by atoms with E-state index in [4.69, 9.17) is 23.2 Å². The van der Waals surface area contributed by atoms with E-state index in [-0.39, 0.29) is 0 Å². The fraction of sp³-hybridized carbons (Fsp3) is 0.158. The largest absolute Gasteiger partial charge is 0.328 e. The van der Waals surface area contributed by atoms with E-state index in [1.807, 2.05) is 24.4 Å². The molecular formula is C19H16Cl2N4S. The molecule has 2 heterocycles. The molecule has 132 valence electrons. The van der Waals surface area contributed by atoms with Crippen molar-refractivity contribution in [2.75, 3.05) is 10.5 Å². The van der Waals surface area contributed by atoms with Crippen LogP contribution in [-0.4, -0.2) is 20.9 Å². The van der Waals surface area contributed by atoms with Crippen molar-refractivity contribution >= 4 is 62.6 Å². The lowest BCUT2D eigenvalue weighted by molar-refractivity contribution is 1.10. The van der Waals surface area contributed by atoms with Gasteiger partial charge >= 0.3 is 0 Å². The second-order valence-electron chi connectivity index (χ2n) is 5.93. The number of rotatable bonds is 5. The lowest BCUT2D eigenvalue weighted by Crippen LogP contribution is -1.92. The van der Waals surface area contributed by atoms with Crippen LogP contribution in [0.4, 0.5) is 5.69 Å². The van der Waals surface area contributed by atoms with Crippen LogP contribution in [0.25, 0.3) is 32.9 Å². The van der Waals surface area contributed by atoms with Crippen molar-refractivity contribution in [1.29, 1.82) is 0 Å². The predicted molar refractivity (Wildman–Crippen MR) is 113 cm³/mol. The highest BCUT2D eigenvalue weighted by molar-refractivity contribution is 8.00. The highest BCUT2D eigenvalue weighted by atomic mass is 35.5. The van der Waals surface area contributed by atoms with Crippen LogP contribution in [0.3, 0.4) is 0 Å². The van der Waals surface area contributed by atoms with Crippen molar-refractivity contribution in [1.82, 2.24) is 15.2 Å². The summed E-state index contributed by atoms with van der Waals surface area (Å²) in [6.07, 6.45) is 4.72. The maximum atomic E-state index is 6.67. The van der Waals surface area contributed by atoms with Gasteiger partial charge in [-0.05, 0) is 35.6 Å². The molecule has 4 aromatic rings. The topological polar surface area (TPSA) is 53.6 Å². The lowest BCUT2D eigenvalue weighted by Gasteiger charge is -2.13. The molecule has 2 aromatic carbocycles. The summed E-state index contributed by atoms with van der Waals surface area (Å²) in [5.74, 6) is 1.01. The fourth-order valence-corrected chi connectivity index (χ4v) is 4.23. The van der Waals surface area contributed by atoms with Gasteiger partial charge in [-0.15, -0.1) is 0 Å². The molecule has 0 amide bonds. The highest BCUT2D eigenvalue weighted by Gasteiger charge is 2.14. The summed E-state index contributed by atoms with van der Waals surface area (Å²) in [7, 11) is 0. The molecule has 0 aliphatic heterocycles. The SMILES string of the molecule is CCCSNc1ccc(Cl)c(-c2ccc3c(cnc4[nH]ncc43)c2)c1Cl. The molecule has 2 aromatic heterocycles. The summed E-state index contributed by atoms with van der Waals surface area (Å²) in [5.41, 5.74) is 3.43. The van der Waals surface area contributed by atoms with Gasteiger partial charge in [0, 0.05) is 28.3 Å². The molecule has 0 aliphatic carbocycles. The van der Waals surface area contributed by atoms with Gasteiger partial charge in [0.05, 0.1) is 21.9 Å².